The lowest BCUT2D eigenvalue weighted by Gasteiger charge is -2.09. The van der Waals surface area contributed by atoms with Gasteiger partial charge in [0.25, 0.3) is 0 Å². The van der Waals surface area contributed by atoms with Gasteiger partial charge in [-0.05, 0) is 25.1 Å². The fourth-order valence-corrected chi connectivity index (χ4v) is 1.19. The van der Waals surface area contributed by atoms with E-state index in [0.29, 0.717) is 22.8 Å². The third-order valence-electron chi connectivity index (χ3n) is 1.69. The molecule has 0 unspecified atom stereocenters. The Morgan fingerprint density at radius 3 is 2.93 bits per heavy atom. The molecule has 74 valence electrons. The molecule has 1 rings (SSSR count). The molecule has 0 heterocycles. The average molecular weight is 211 g/mol. The van der Waals surface area contributed by atoms with Crippen molar-refractivity contribution in [1.82, 2.24) is 0 Å². The Morgan fingerprint density at radius 1 is 1.64 bits per heavy atom. The van der Waals surface area contributed by atoms with Crippen molar-refractivity contribution in [3.63, 3.8) is 0 Å². The minimum Gasteiger partial charge on any atom is -0.392 e. The smallest absolute Gasteiger partial charge is 0.101 e. The van der Waals surface area contributed by atoms with Crippen LogP contribution in [0.15, 0.2) is 18.2 Å². The lowest BCUT2D eigenvalue weighted by molar-refractivity contribution is 0.208. The Hall–Kier alpha value is -1.24. The van der Waals surface area contributed by atoms with Crippen LogP contribution in [0.1, 0.15) is 12.5 Å². The number of nitrogens with zero attached hydrogens (tertiary/aromatic N) is 1. The summed E-state index contributed by atoms with van der Waals surface area (Å²) in [6, 6.07) is 7.05. The summed E-state index contributed by atoms with van der Waals surface area (Å²) < 4.78 is 0. The van der Waals surface area contributed by atoms with Gasteiger partial charge in [0, 0.05) is 11.6 Å². The molecule has 0 amide bonds. The van der Waals surface area contributed by atoms with Crippen molar-refractivity contribution >= 4 is 17.3 Å². The SMILES string of the molecule is C[C@@H](O)CNc1ccc(Cl)cc1C#N. The van der Waals surface area contributed by atoms with Crippen molar-refractivity contribution in [2.24, 2.45) is 0 Å². The lowest BCUT2D eigenvalue weighted by atomic mass is 10.2. The summed E-state index contributed by atoms with van der Waals surface area (Å²) in [6.45, 7) is 2.09. The summed E-state index contributed by atoms with van der Waals surface area (Å²) in [5.74, 6) is 0. The van der Waals surface area contributed by atoms with Crippen molar-refractivity contribution < 1.29 is 5.11 Å². The summed E-state index contributed by atoms with van der Waals surface area (Å²) >= 11 is 5.73. The quantitative estimate of drug-likeness (QED) is 0.803. The van der Waals surface area contributed by atoms with Gasteiger partial charge in [-0.25, -0.2) is 0 Å². The number of anilines is 1. The van der Waals surface area contributed by atoms with Crippen molar-refractivity contribution in [2.45, 2.75) is 13.0 Å². The second kappa shape index (κ2) is 4.85. The van der Waals surface area contributed by atoms with Crippen LogP contribution in [0.3, 0.4) is 0 Å². The Labute approximate surface area is 87.9 Å². The molecule has 0 radical (unpaired) electrons. The molecule has 0 fully saturated rings. The molecule has 0 bridgehead atoms. The number of hydrogen-bond donors (Lipinski definition) is 2. The normalized spacial score (nSPS) is 11.9. The maximum atomic E-state index is 9.06. The number of nitriles is 1. The van der Waals surface area contributed by atoms with E-state index in [1.165, 1.54) is 0 Å². The molecular weight excluding hydrogens is 200 g/mol. The number of aliphatic hydroxyl groups excluding tert-OH is 1. The van der Waals surface area contributed by atoms with Gasteiger partial charge in [0.2, 0.25) is 0 Å². The van der Waals surface area contributed by atoms with Crippen LogP contribution in [0.5, 0.6) is 0 Å². The van der Waals surface area contributed by atoms with Gasteiger partial charge in [0.1, 0.15) is 6.07 Å². The number of aliphatic hydroxyl groups is 1. The molecule has 0 aliphatic rings. The lowest BCUT2D eigenvalue weighted by Crippen LogP contribution is -2.15. The molecule has 1 atom stereocenters. The Bertz CT molecular complexity index is 358. The zero-order chi connectivity index (χ0) is 10.6. The van der Waals surface area contributed by atoms with Crippen LogP contribution >= 0.6 is 11.6 Å². The number of rotatable bonds is 3. The third kappa shape index (κ3) is 2.91. The standard InChI is InChI=1S/C10H11ClN2O/c1-7(14)6-13-10-3-2-9(11)4-8(10)5-12/h2-4,7,13-14H,6H2,1H3/t7-/m1/s1. The molecule has 0 saturated heterocycles. The van der Waals surface area contributed by atoms with E-state index < -0.39 is 6.10 Å². The van der Waals surface area contributed by atoms with Crippen molar-refractivity contribution in [3.05, 3.63) is 28.8 Å². The highest BCUT2D eigenvalue weighted by Gasteiger charge is 2.03. The fraction of sp³-hybridized carbons (Fsp3) is 0.300. The number of nitrogens with one attached hydrogen (secondary N) is 1. The Kier molecular flexibility index (Phi) is 3.75. The predicted octanol–water partition coefficient (Wildman–Crippen LogP) is 2.00. The van der Waals surface area contributed by atoms with E-state index in [0.717, 1.165) is 0 Å². The van der Waals surface area contributed by atoms with Gasteiger partial charge in [-0.2, -0.15) is 5.26 Å². The van der Waals surface area contributed by atoms with Crippen LogP contribution in [0.25, 0.3) is 0 Å². The van der Waals surface area contributed by atoms with Crippen LogP contribution in [0.4, 0.5) is 5.69 Å². The first kappa shape index (κ1) is 10.8. The molecule has 4 heteroatoms. The zero-order valence-corrected chi connectivity index (χ0v) is 8.54. The highest BCUT2D eigenvalue weighted by atomic mass is 35.5. The number of halogens is 1. The van der Waals surface area contributed by atoms with Gasteiger partial charge in [-0.3, -0.25) is 0 Å². The van der Waals surface area contributed by atoms with Gasteiger partial charge in [0.15, 0.2) is 0 Å². The third-order valence-corrected chi connectivity index (χ3v) is 1.93. The highest BCUT2D eigenvalue weighted by Crippen LogP contribution is 2.19. The first-order chi connectivity index (χ1) is 6.63. The summed E-state index contributed by atoms with van der Waals surface area (Å²) in [5.41, 5.74) is 1.18. The van der Waals surface area contributed by atoms with E-state index in [4.69, 9.17) is 22.0 Å². The van der Waals surface area contributed by atoms with E-state index in [9.17, 15) is 0 Å². The van der Waals surface area contributed by atoms with Gasteiger partial charge < -0.3 is 10.4 Å². The fourth-order valence-electron chi connectivity index (χ4n) is 1.02. The van der Waals surface area contributed by atoms with Crippen LogP contribution in [-0.2, 0) is 0 Å². The topological polar surface area (TPSA) is 56.0 Å². The molecule has 0 aromatic heterocycles. The van der Waals surface area contributed by atoms with Crippen molar-refractivity contribution in [1.29, 1.82) is 5.26 Å². The van der Waals surface area contributed by atoms with E-state index in [1.54, 1.807) is 25.1 Å². The second-order valence-electron chi connectivity index (χ2n) is 3.03. The van der Waals surface area contributed by atoms with Crippen molar-refractivity contribution in [3.8, 4) is 6.07 Å². The van der Waals surface area contributed by atoms with Gasteiger partial charge in [-0.1, -0.05) is 11.6 Å². The van der Waals surface area contributed by atoms with Crippen LogP contribution in [0.2, 0.25) is 5.02 Å². The highest BCUT2D eigenvalue weighted by molar-refractivity contribution is 6.30. The van der Waals surface area contributed by atoms with E-state index in [2.05, 4.69) is 5.32 Å². The maximum absolute atomic E-state index is 9.06. The van der Waals surface area contributed by atoms with E-state index >= 15 is 0 Å². The minimum absolute atomic E-state index is 0.413. The van der Waals surface area contributed by atoms with Crippen LogP contribution in [0, 0.1) is 11.3 Å². The predicted molar refractivity (Wildman–Crippen MR) is 56.3 cm³/mol. The molecule has 2 N–H and O–H groups in total. The molecule has 1 aromatic carbocycles. The molecule has 0 saturated carbocycles. The monoisotopic (exact) mass is 210 g/mol. The maximum Gasteiger partial charge on any atom is 0.101 e. The van der Waals surface area contributed by atoms with Gasteiger partial charge in [-0.15, -0.1) is 0 Å². The van der Waals surface area contributed by atoms with Crippen LogP contribution in [-0.4, -0.2) is 17.8 Å². The molecule has 14 heavy (non-hydrogen) atoms. The summed E-state index contributed by atoms with van der Waals surface area (Å²) in [6.07, 6.45) is -0.447. The number of hydrogen-bond acceptors (Lipinski definition) is 3. The second-order valence-corrected chi connectivity index (χ2v) is 3.47. The Morgan fingerprint density at radius 2 is 2.36 bits per heavy atom. The summed E-state index contributed by atoms with van der Waals surface area (Å²) in [4.78, 5) is 0. The van der Waals surface area contributed by atoms with Crippen LogP contribution < -0.4 is 5.32 Å². The van der Waals surface area contributed by atoms with Gasteiger partial charge >= 0.3 is 0 Å². The van der Waals surface area contributed by atoms with E-state index in [1.807, 2.05) is 6.07 Å². The minimum atomic E-state index is -0.447. The molecular formula is C10H11ClN2O. The molecule has 0 aliphatic heterocycles. The summed E-state index contributed by atoms with van der Waals surface area (Å²) in [7, 11) is 0. The molecule has 3 nitrogen and oxygen atoms in total. The largest absolute Gasteiger partial charge is 0.392 e. The molecule has 0 aliphatic carbocycles. The van der Waals surface area contributed by atoms with Gasteiger partial charge in [0.05, 0.1) is 17.4 Å². The first-order valence-corrected chi connectivity index (χ1v) is 4.63. The Balaban J connectivity index is 2.82. The average Bonchev–Trinajstić information content (AvgIpc) is 2.15. The molecule has 0 spiro atoms. The summed E-state index contributed by atoms with van der Waals surface area (Å²) in [5, 5.41) is 21.3. The first-order valence-electron chi connectivity index (χ1n) is 4.25. The van der Waals surface area contributed by atoms with E-state index in [-0.39, 0.29) is 0 Å². The number of benzene rings is 1. The van der Waals surface area contributed by atoms with Crippen molar-refractivity contribution in [2.75, 3.05) is 11.9 Å². The molecule has 1 aromatic rings. The zero-order valence-electron chi connectivity index (χ0n) is 7.79.